The molecule has 2 heterocycles. The molecule has 1 amide bonds. The van der Waals surface area contributed by atoms with Gasteiger partial charge in [0.15, 0.2) is 0 Å². The van der Waals surface area contributed by atoms with E-state index in [1.54, 1.807) is 12.5 Å². The van der Waals surface area contributed by atoms with Crippen LogP contribution in [0.1, 0.15) is 17.8 Å². The molecule has 22 heavy (non-hydrogen) atoms. The van der Waals surface area contributed by atoms with Crippen LogP contribution in [0, 0.1) is 0 Å². The van der Waals surface area contributed by atoms with Crippen LogP contribution in [0.5, 0.6) is 0 Å². The molecule has 0 aliphatic rings. The molecule has 2 aromatic heterocycles. The topological polar surface area (TPSA) is 72.7 Å². The number of aromatic nitrogens is 4. The quantitative estimate of drug-likeness (QED) is 0.776. The second-order valence-corrected chi connectivity index (χ2v) is 5.17. The first-order chi connectivity index (χ1) is 10.7. The molecular formula is C16H17N5O. The van der Waals surface area contributed by atoms with Gasteiger partial charge in [0, 0.05) is 38.0 Å². The summed E-state index contributed by atoms with van der Waals surface area (Å²) < 4.78 is 1.82. The Bertz CT molecular complexity index is 796. The second-order valence-electron chi connectivity index (χ2n) is 5.17. The Kier molecular flexibility index (Phi) is 4.09. The van der Waals surface area contributed by atoms with Crippen LogP contribution in [0.2, 0.25) is 0 Å². The molecule has 0 aliphatic heterocycles. The van der Waals surface area contributed by atoms with E-state index in [1.165, 1.54) is 0 Å². The molecule has 0 bridgehead atoms. The lowest BCUT2D eigenvalue weighted by Gasteiger charge is -2.06. The largest absolute Gasteiger partial charge is 0.352 e. The van der Waals surface area contributed by atoms with Crippen molar-refractivity contribution in [3.05, 3.63) is 54.2 Å². The van der Waals surface area contributed by atoms with Crippen LogP contribution in [0.25, 0.3) is 10.9 Å². The molecule has 0 unspecified atom stereocenters. The van der Waals surface area contributed by atoms with Crippen LogP contribution in [0.3, 0.4) is 0 Å². The summed E-state index contributed by atoms with van der Waals surface area (Å²) in [6, 6.07) is 9.97. The Balaban J connectivity index is 1.54. The number of hydrogen-bond acceptors (Lipinski definition) is 4. The van der Waals surface area contributed by atoms with Crippen molar-refractivity contribution in [1.82, 2.24) is 25.1 Å². The van der Waals surface area contributed by atoms with E-state index in [-0.39, 0.29) is 5.91 Å². The van der Waals surface area contributed by atoms with Crippen molar-refractivity contribution in [1.29, 1.82) is 0 Å². The van der Waals surface area contributed by atoms with Crippen molar-refractivity contribution in [2.24, 2.45) is 7.05 Å². The molecule has 0 radical (unpaired) electrons. The Morgan fingerprint density at radius 3 is 3.00 bits per heavy atom. The number of carbonyl (C=O) groups excluding carboxylic acids is 1. The standard InChI is InChI=1S/C16H17N5O/c1-21-11-19-20-15(21)6-7-16(22)18-10-12-8-13-4-2-3-5-14(13)17-9-12/h2-5,8-9,11H,6-7,10H2,1H3,(H,18,22). The second kappa shape index (κ2) is 6.34. The first kappa shape index (κ1) is 14.2. The number of fused-ring (bicyclic) bond motifs is 1. The van der Waals surface area contributed by atoms with Gasteiger partial charge >= 0.3 is 0 Å². The molecule has 3 aromatic rings. The van der Waals surface area contributed by atoms with Gasteiger partial charge in [-0.05, 0) is 17.7 Å². The zero-order valence-corrected chi connectivity index (χ0v) is 12.4. The number of benzene rings is 1. The summed E-state index contributed by atoms with van der Waals surface area (Å²) in [5.41, 5.74) is 1.95. The molecule has 6 heteroatoms. The molecule has 6 nitrogen and oxygen atoms in total. The highest BCUT2D eigenvalue weighted by Gasteiger charge is 2.06. The average molecular weight is 295 g/mol. The van der Waals surface area contributed by atoms with Gasteiger partial charge in [-0.15, -0.1) is 10.2 Å². The zero-order chi connectivity index (χ0) is 15.4. The minimum absolute atomic E-state index is 0.00356. The molecule has 1 N–H and O–H groups in total. The number of pyridine rings is 1. The van der Waals surface area contributed by atoms with Crippen molar-refractivity contribution in [3.8, 4) is 0 Å². The maximum Gasteiger partial charge on any atom is 0.220 e. The third-order valence-electron chi connectivity index (χ3n) is 3.52. The lowest BCUT2D eigenvalue weighted by atomic mass is 10.1. The van der Waals surface area contributed by atoms with Crippen LogP contribution in [0.15, 0.2) is 42.9 Å². The number of nitrogens with zero attached hydrogens (tertiary/aromatic N) is 4. The van der Waals surface area contributed by atoms with Crippen molar-refractivity contribution in [2.75, 3.05) is 0 Å². The Morgan fingerprint density at radius 2 is 2.18 bits per heavy atom. The average Bonchev–Trinajstić information content (AvgIpc) is 2.96. The summed E-state index contributed by atoms with van der Waals surface area (Å²) in [5, 5.41) is 11.7. The van der Waals surface area contributed by atoms with Gasteiger partial charge in [-0.3, -0.25) is 9.78 Å². The van der Waals surface area contributed by atoms with E-state index in [4.69, 9.17) is 0 Å². The summed E-state index contributed by atoms with van der Waals surface area (Å²) >= 11 is 0. The molecular weight excluding hydrogens is 278 g/mol. The molecule has 0 atom stereocenters. The number of nitrogens with one attached hydrogen (secondary N) is 1. The van der Waals surface area contributed by atoms with E-state index >= 15 is 0 Å². The van der Waals surface area contributed by atoms with E-state index < -0.39 is 0 Å². The maximum absolute atomic E-state index is 11.9. The first-order valence-corrected chi connectivity index (χ1v) is 7.15. The van der Waals surface area contributed by atoms with Crippen LogP contribution in [-0.2, 0) is 24.8 Å². The first-order valence-electron chi connectivity index (χ1n) is 7.15. The van der Waals surface area contributed by atoms with Crippen molar-refractivity contribution >= 4 is 16.8 Å². The molecule has 0 fully saturated rings. The fraction of sp³-hybridized carbons (Fsp3) is 0.250. The van der Waals surface area contributed by atoms with Gasteiger partial charge in [0.1, 0.15) is 12.2 Å². The Morgan fingerprint density at radius 1 is 1.32 bits per heavy atom. The van der Waals surface area contributed by atoms with Crippen molar-refractivity contribution in [3.63, 3.8) is 0 Å². The van der Waals surface area contributed by atoms with Gasteiger partial charge in [-0.2, -0.15) is 0 Å². The molecule has 1 aromatic carbocycles. The molecule has 0 spiro atoms. The van der Waals surface area contributed by atoms with Gasteiger partial charge in [-0.1, -0.05) is 18.2 Å². The van der Waals surface area contributed by atoms with Gasteiger partial charge in [-0.25, -0.2) is 0 Å². The van der Waals surface area contributed by atoms with Gasteiger partial charge < -0.3 is 9.88 Å². The molecule has 0 saturated carbocycles. The van der Waals surface area contributed by atoms with E-state index in [0.29, 0.717) is 19.4 Å². The zero-order valence-electron chi connectivity index (χ0n) is 12.4. The van der Waals surface area contributed by atoms with E-state index in [0.717, 1.165) is 22.3 Å². The number of amides is 1. The third-order valence-corrected chi connectivity index (χ3v) is 3.52. The van der Waals surface area contributed by atoms with Crippen molar-refractivity contribution in [2.45, 2.75) is 19.4 Å². The minimum Gasteiger partial charge on any atom is -0.352 e. The van der Waals surface area contributed by atoms with Gasteiger partial charge in [0.25, 0.3) is 0 Å². The molecule has 3 rings (SSSR count). The Labute approximate surface area is 128 Å². The normalized spacial score (nSPS) is 10.8. The van der Waals surface area contributed by atoms with Crippen LogP contribution >= 0.6 is 0 Å². The molecule has 112 valence electrons. The van der Waals surface area contributed by atoms with Crippen LogP contribution in [-0.4, -0.2) is 25.7 Å². The Hall–Kier alpha value is -2.76. The lowest BCUT2D eigenvalue weighted by molar-refractivity contribution is -0.121. The minimum atomic E-state index is -0.00356. The van der Waals surface area contributed by atoms with E-state index in [9.17, 15) is 4.79 Å². The van der Waals surface area contributed by atoms with Crippen LogP contribution in [0.4, 0.5) is 0 Å². The number of para-hydroxylation sites is 1. The predicted molar refractivity (Wildman–Crippen MR) is 82.9 cm³/mol. The number of carbonyl (C=O) groups is 1. The fourth-order valence-electron chi connectivity index (χ4n) is 2.26. The molecule has 0 aliphatic carbocycles. The van der Waals surface area contributed by atoms with Gasteiger partial charge in [0.2, 0.25) is 5.91 Å². The summed E-state index contributed by atoms with van der Waals surface area (Å²) in [4.78, 5) is 16.3. The van der Waals surface area contributed by atoms with Gasteiger partial charge in [0.05, 0.1) is 5.52 Å². The number of hydrogen-bond donors (Lipinski definition) is 1. The highest BCUT2D eigenvalue weighted by Crippen LogP contribution is 2.12. The third kappa shape index (κ3) is 3.28. The summed E-state index contributed by atoms with van der Waals surface area (Å²) in [7, 11) is 1.87. The highest BCUT2D eigenvalue weighted by molar-refractivity contribution is 5.79. The summed E-state index contributed by atoms with van der Waals surface area (Å²) in [5.74, 6) is 0.804. The van der Waals surface area contributed by atoms with Crippen molar-refractivity contribution < 1.29 is 4.79 Å². The fourth-order valence-corrected chi connectivity index (χ4v) is 2.26. The smallest absolute Gasteiger partial charge is 0.220 e. The van der Waals surface area contributed by atoms with E-state index in [2.05, 4.69) is 20.5 Å². The lowest BCUT2D eigenvalue weighted by Crippen LogP contribution is -2.23. The predicted octanol–water partition coefficient (Wildman–Crippen LogP) is 1.61. The number of aryl methyl sites for hydroxylation is 2. The highest BCUT2D eigenvalue weighted by atomic mass is 16.1. The maximum atomic E-state index is 11.9. The summed E-state index contributed by atoms with van der Waals surface area (Å²) in [6.45, 7) is 0.482. The SMILES string of the molecule is Cn1cnnc1CCC(=O)NCc1cnc2ccccc2c1. The number of rotatable bonds is 5. The van der Waals surface area contributed by atoms with E-state index in [1.807, 2.05) is 41.9 Å². The summed E-state index contributed by atoms with van der Waals surface area (Å²) in [6.07, 6.45) is 4.41. The monoisotopic (exact) mass is 295 g/mol. The molecule has 0 saturated heterocycles. The van der Waals surface area contributed by atoms with Crippen LogP contribution < -0.4 is 5.32 Å².